The fourth-order valence-electron chi connectivity index (χ4n) is 4.28. The molecule has 4 rings (SSSR count). The topological polar surface area (TPSA) is 42.4 Å². The van der Waals surface area contributed by atoms with Gasteiger partial charge in [-0.3, -0.25) is 4.98 Å². The highest BCUT2D eigenvalue weighted by Crippen LogP contribution is 2.44. The van der Waals surface area contributed by atoms with Gasteiger partial charge in [-0.05, 0) is 92.8 Å². The lowest BCUT2D eigenvalue weighted by Crippen LogP contribution is -2.37. The second-order valence-electron chi connectivity index (χ2n) is 8.52. The van der Waals surface area contributed by atoms with Crippen LogP contribution in [0.3, 0.4) is 0 Å². The van der Waals surface area contributed by atoms with Crippen LogP contribution in [0.4, 0.5) is 0 Å². The first-order valence-electron chi connectivity index (χ1n) is 10.4. The smallest absolute Gasteiger partial charge is 0.127 e. The van der Waals surface area contributed by atoms with Gasteiger partial charge in [0.15, 0.2) is 0 Å². The highest BCUT2D eigenvalue weighted by atomic mass is 16.5. The van der Waals surface area contributed by atoms with E-state index in [9.17, 15) is 5.11 Å². The lowest BCUT2D eigenvalue weighted by atomic mass is 9.84. The molecule has 0 aliphatic carbocycles. The summed E-state index contributed by atoms with van der Waals surface area (Å²) in [7, 11) is 0. The first-order valence-corrected chi connectivity index (χ1v) is 10.4. The van der Waals surface area contributed by atoms with Crippen molar-refractivity contribution in [2.75, 3.05) is 0 Å². The number of ether oxygens (including phenoxy) is 1. The molecule has 3 heteroatoms. The maximum absolute atomic E-state index is 10.4. The van der Waals surface area contributed by atoms with Crippen LogP contribution < -0.4 is 4.74 Å². The van der Waals surface area contributed by atoms with Crippen molar-refractivity contribution in [1.29, 1.82) is 0 Å². The molecule has 1 aliphatic heterocycles. The third kappa shape index (κ3) is 3.74. The third-order valence-corrected chi connectivity index (χ3v) is 6.48. The van der Waals surface area contributed by atoms with Crippen LogP contribution in [-0.4, -0.2) is 15.7 Å². The normalized spacial score (nSPS) is 18.2. The van der Waals surface area contributed by atoms with Gasteiger partial charge in [-0.2, -0.15) is 0 Å². The van der Waals surface area contributed by atoms with Crippen LogP contribution >= 0.6 is 0 Å². The van der Waals surface area contributed by atoms with Gasteiger partial charge < -0.3 is 9.84 Å². The summed E-state index contributed by atoms with van der Waals surface area (Å²) in [4.78, 5) is 4.20. The number of phenolic OH excluding ortho intramolecular Hbond substituents is 1. The van der Waals surface area contributed by atoms with Crippen LogP contribution in [0.1, 0.15) is 47.6 Å². The number of fused-ring (bicyclic) bond motifs is 1. The zero-order valence-electron chi connectivity index (χ0n) is 17.7. The first kappa shape index (κ1) is 19.5. The molecule has 0 spiro atoms. The van der Waals surface area contributed by atoms with Crippen molar-refractivity contribution in [2.45, 2.75) is 59.0 Å². The van der Waals surface area contributed by atoms with E-state index in [1.165, 1.54) is 16.7 Å². The molecule has 1 unspecified atom stereocenters. The number of aryl methyl sites for hydroxylation is 1. The van der Waals surface area contributed by atoms with Crippen molar-refractivity contribution in [3.8, 4) is 22.6 Å². The summed E-state index contributed by atoms with van der Waals surface area (Å²) in [5.74, 6) is 1.40. The summed E-state index contributed by atoms with van der Waals surface area (Å²) in [5.41, 5.74) is 7.60. The Morgan fingerprint density at radius 2 is 1.76 bits per heavy atom. The molecule has 3 nitrogen and oxygen atoms in total. The van der Waals surface area contributed by atoms with E-state index >= 15 is 0 Å². The van der Waals surface area contributed by atoms with Gasteiger partial charge in [0, 0.05) is 18.0 Å². The second kappa shape index (κ2) is 7.55. The Morgan fingerprint density at radius 1 is 1.00 bits per heavy atom. The van der Waals surface area contributed by atoms with Crippen LogP contribution in [0.2, 0.25) is 0 Å². The zero-order valence-corrected chi connectivity index (χ0v) is 17.7. The minimum absolute atomic E-state index is 0.185. The van der Waals surface area contributed by atoms with Gasteiger partial charge in [-0.15, -0.1) is 0 Å². The lowest BCUT2D eigenvalue weighted by Gasteiger charge is -2.38. The molecule has 0 amide bonds. The second-order valence-corrected chi connectivity index (χ2v) is 8.52. The fourth-order valence-corrected chi connectivity index (χ4v) is 4.28. The molecule has 1 N–H and O–H groups in total. The Hall–Kier alpha value is -2.81. The van der Waals surface area contributed by atoms with Crippen LogP contribution in [0, 0.1) is 20.8 Å². The van der Waals surface area contributed by atoms with E-state index in [0.29, 0.717) is 5.75 Å². The standard InChI is InChI=1S/C26H29NO2/c1-17-18(2)25-23(19(3)24(17)28)12-14-26(4,29-25)13-11-20-7-9-21(10-8-20)22-6-5-15-27-16-22/h5-10,15-16,28H,11-14H2,1-4H3. The first-order chi connectivity index (χ1) is 13.9. The monoisotopic (exact) mass is 387 g/mol. The molecule has 0 saturated carbocycles. The Kier molecular flexibility index (Phi) is 5.08. The molecule has 3 aromatic rings. The van der Waals surface area contributed by atoms with Gasteiger partial charge in [-0.25, -0.2) is 0 Å². The number of benzene rings is 2. The Labute approximate surface area is 173 Å². The predicted molar refractivity (Wildman–Crippen MR) is 118 cm³/mol. The number of aromatic nitrogens is 1. The molecule has 29 heavy (non-hydrogen) atoms. The summed E-state index contributed by atoms with van der Waals surface area (Å²) >= 11 is 0. The molecule has 0 bridgehead atoms. The van der Waals surface area contributed by atoms with Gasteiger partial charge >= 0.3 is 0 Å². The molecule has 1 aromatic heterocycles. The average Bonchev–Trinajstić information content (AvgIpc) is 2.76. The third-order valence-electron chi connectivity index (χ3n) is 6.48. The molecular weight excluding hydrogens is 358 g/mol. The Bertz CT molecular complexity index is 1030. The SMILES string of the molecule is Cc1c(C)c2c(c(C)c1O)CCC(C)(CCc1ccc(-c3cccnc3)cc1)O2. The summed E-state index contributed by atoms with van der Waals surface area (Å²) in [6.45, 7) is 8.24. The number of hydrogen-bond donors (Lipinski definition) is 1. The minimum atomic E-state index is -0.185. The van der Waals surface area contributed by atoms with E-state index in [1.54, 1.807) is 6.20 Å². The molecular formula is C26H29NO2. The largest absolute Gasteiger partial charge is 0.507 e. The van der Waals surface area contributed by atoms with Gasteiger partial charge in [-0.1, -0.05) is 30.3 Å². The number of aromatic hydroxyl groups is 1. The van der Waals surface area contributed by atoms with Crippen molar-refractivity contribution >= 4 is 0 Å². The van der Waals surface area contributed by atoms with Crippen LogP contribution in [0.25, 0.3) is 11.1 Å². The van der Waals surface area contributed by atoms with Gasteiger partial charge in [0.2, 0.25) is 0 Å². The average molecular weight is 388 g/mol. The maximum Gasteiger partial charge on any atom is 0.127 e. The molecule has 1 atom stereocenters. The molecule has 0 saturated heterocycles. The molecule has 0 fully saturated rings. The number of rotatable bonds is 4. The molecule has 0 radical (unpaired) electrons. The van der Waals surface area contributed by atoms with Crippen molar-refractivity contribution in [2.24, 2.45) is 0 Å². The van der Waals surface area contributed by atoms with Gasteiger partial charge in [0.25, 0.3) is 0 Å². The minimum Gasteiger partial charge on any atom is -0.507 e. The van der Waals surface area contributed by atoms with E-state index in [4.69, 9.17) is 4.74 Å². The maximum atomic E-state index is 10.4. The van der Waals surface area contributed by atoms with E-state index in [-0.39, 0.29) is 5.60 Å². The van der Waals surface area contributed by atoms with E-state index in [1.807, 2.05) is 26.1 Å². The molecule has 2 aromatic carbocycles. The quantitative estimate of drug-likeness (QED) is 0.588. The number of hydrogen-bond acceptors (Lipinski definition) is 3. The zero-order chi connectivity index (χ0) is 20.6. The predicted octanol–water partition coefficient (Wildman–Crippen LogP) is 6.10. The van der Waals surface area contributed by atoms with Crippen molar-refractivity contribution < 1.29 is 9.84 Å². The number of phenols is 1. The van der Waals surface area contributed by atoms with Crippen molar-refractivity contribution in [3.05, 3.63) is 76.6 Å². The van der Waals surface area contributed by atoms with E-state index < -0.39 is 0 Å². The highest BCUT2D eigenvalue weighted by Gasteiger charge is 2.34. The molecule has 2 heterocycles. The van der Waals surface area contributed by atoms with E-state index in [0.717, 1.165) is 53.7 Å². The molecule has 1 aliphatic rings. The van der Waals surface area contributed by atoms with E-state index in [2.05, 4.69) is 49.2 Å². The summed E-state index contributed by atoms with van der Waals surface area (Å²) in [6, 6.07) is 12.8. The van der Waals surface area contributed by atoms with Crippen LogP contribution in [-0.2, 0) is 12.8 Å². The lowest BCUT2D eigenvalue weighted by molar-refractivity contribution is 0.0552. The van der Waals surface area contributed by atoms with Crippen molar-refractivity contribution in [1.82, 2.24) is 4.98 Å². The van der Waals surface area contributed by atoms with Crippen LogP contribution in [0.5, 0.6) is 11.5 Å². The molecule has 150 valence electrons. The Morgan fingerprint density at radius 3 is 2.45 bits per heavy atom. The van der Waals surface area contributed by atoms with Crippen molar-refractivity contribution in [3.63, 3.8) is 0 Å². The van der Waals surface area contributed by atoms with Crippen LogP contribution in [0.15, 0.2) is 48.8 Å². The summed E-state index contributed by atoms with van der Waals surface area (Å²) in [6.07, 6.45) is 7.56. The van der Waals surface area contributed by atoms with Gasteiger partial charge in [0.05, 0.1) is 0 Å². The van der Waals surface area contributed by atoms with Gasteiger partial charge in [0.1, 0.15) is 17.1 Å². The summed E-state index contributed by atoms with van der Waals surface area (Å²) < 4.78 is 6.56. The Balaban J connectivity index is 1.48. The fraction of sp³-hybridized carbons (Fsp3) is 0.346. The number of nitrogens with zero attached hydrogens (tertiary/aromatic N) is 1. The summed E-state index contributed by atoms with van der Waals surface area (Å²) in [5, 5.41) is 10.4. The highest BCUT2D eigenvalue weighted by molar-refractivity contribution is 5.62. The number of pyridine rings is 1.